The lowest BCUT2D eigenvalue weighted by molar-refractivity contribution is 0.102. The number of carbonyl (C=O) groups excluding carboxylic acids is 2. The van der Waals surface area contributed by atoms with Crippen LogP contribution in [0.1, 0.15) is 44.7 Å². The van der Waals surface area contributed by atoms with E-state index in [1.54, 1.807) is 36.4 Å². The van der Waals surface area contributed by atoms with Crippen LogP contribution in [-0.2, 0) is 6.54 Å². The van der Waals surface area contributed by atoms with Crippen molar-refractivity contribution >= 4 is 34.1 Å². The molecule has 6 nitrogen and oxygen atoms in total. The van der Waals surface area contributed by atoms with E-state index in [-0.39, 0.29) is 11.8 Å². The van der Waals surface area contributed by atoms with Crippen LogP contribution in [0.25, 0.3) is 10.9 Å². The summed E-state index contributed by atoms with van der Waals surface area (Å²) in [5.74, 6) is -0.398. The smallest absolute Gasteiger partial charge is 0.255 e. The SMILES string of the molecule is Cc1c(NC(=O)c2ccc(NC(=O)c3ccccc3)cc2)ccc2cc(CN3CCCC3)cnc12. The second-order valence-corrected chi connectivity index (χ2v) is 8.99. The zero-order valence-electron chi connectivity index (χ0n) is 19.8. The van der Waals surface area contributed by atoms with Crippen LogP contribution in [0.15, 0.2) is 79.0 Å². The topological polar surface area (TPSA) is 74.3 Å². The van der Waals surface area contributed by atoms with E-state index in [0.29, 0.717) is 16.8 Å². The van der Waals surface area contributed by atoms with Gasteiger partial charge in [0, 0.05) is 40.6 Å². The number of likely N-dealkylation sites (tertiary alicyclic amines) is 1. The molecular formula is C29H28N4O2. The molecule has 2 N–H and O–H groups in total. The molecule has 5 rings (SSSR count). The van der Waals surface area contributed by atoms with Crippen LogP contribution < -0.4 is 10.6 Å². The molecule has 1 aromatic heterocycles. The largest absolute Gasteiger partial charge is 0.322 e. The fraction of sp³-hybridized carbons (Fsp3) is 0.207. The number of rotatable bonds is 6. The molecule has 1 fully saturated rings. The second-order valence-electron chi connectivity index (χ2n) is 8.99. The van der Waals surface area contributed by atoms with Crippen molar-refractivity contribution in [3.05, 3.63) is 101 Å². The number of hydrogen-bond donors (Lipinski definition) is 2. The third-order valence-electron chi connectivity index (χ3n) is 6.46. The zero-order chi connectivity index (χ0) is 24.2. The molecule has 0 bridgehead atoms. The number of anilines is 2. The molecular weight excluding hydrogens is 436 g/mol. The number of aromatic nitrogens is 1. The summed E-state index contributed by atoms with van der Waals surface area (Å²) in [5.41, 5.74) is 5.52. The Morgan fingerprint density at radius 3 is 2.29 bits per heavy atom. The van der Waals surface area contributed by atoms with Gasteiger partial charge in [0.2, 0.25) is 0 Å². The van der Waals surface area contributed by atoms with Gasteiger partial charge in [-0.25, -0.2) is 0 Å². The van der Waals surface area contributed by atoms with Gasteiger partial charge in [0.1, 0.15) is 0 Å². The van der Waals surface area contributed by atoms with E-state index in [0.717, 1.165) is 41.8 Å². The van der Waals surface area contributed by atoms with Crippen molar-refractivity contribution < 1.29 is 9.59 Å². The van der Waals surface area contributed by atoms with Crippen molar-refractivity contribution in [1.29, 1.82) is 0 Å². The number of nitrogens with zero attached hydrogens (tertiary/aromatic N) is 2. The number of nitrogens with one attached hydrogen (secondary N) is 2. The van der Waals surface area contributed by atoms with Crippen molar-refractivity contribution in [1.82, 2.24) is 9.88 Å². The molecule has 0 unspecified atom stereocenters. The Morgan fingerprint density at radius 2 is 1.54 bits per heavy atom. The Bertz CT molecular complexity index is 1360. The number of pyridine rings is 1. The zero-order valence-corrected chi connectivity index (χ0v) is 19.8. The van der Waals surface area contributed by atoms with Crippen LogP contribution in [0.3, 0.4) is 0 Å². The van der Waals surface area contributed by atoms with Crippen LogP contribution in [0.4, 0.5) is 11.4 Å². The van der Waals surface area contributed by atoms with Crippen molar-refractivity contribution in [3.8, 4) is 0 Å². The van der Waals surface area contributed by atoms with Gasteiger partial charge in [0.25, 0.3) is 11.8 Å². The fourth-order valence-corrected chi connectivity index (χ4v) is 4.51. The molecule has 0 aliphatic carbocycles. The van der Waals surface area contributed by atoms with Gasteiger partial charge in [-0.3, -0.25) is 19.5 Å². The molecule has 2 amide bonds. The van der Waals surface area contributed by atoms with E-state index in [2.05, 4.69) is 21.6 Å². The first-order chi connectivity index (χ1) is 17.1. The third kappa shape index (κ3) is 5.23. The summed E-state index contributed by atoms with van der Waals surface area (Å²) in [5, 5.41) is 6.93. The van der Waals surface area contributed by atoms with Gasteiger partial charge in [-0.05, 0) is 92.5 Å². The molecule has 4 aromatic rings. The van der Waals surface area contributed by atoms with E-state index in [1.807, 2.05) is 43.5 Å². The average Bonchev–Trinajstić information content (AvgIpc) is 3.40. The monoisotopic (exact) mass is 464 g/mol. The predicted octanol–water partition coefficient (Wildman–Crippen LogP) is 5.64. The lowest BCUT2D eigenvalue weighted by atomic mass is 10.1. The van der Waals surface area contributed by atoms with E-state index in [9.17, 15) is 9.59 Å². The number of fused-ring (bicyclic) bond motifs is 1. The first kappa shape index (κ1) is 22.7. The maximum Gasteiger partial charge on any atom is 0.255 e. The van der Waals surface area contributed by atoms with Gasteiger partial charge in [-0.2, -0.15) is 0 Å². The summed E-state index contributed by atoms with van der Waals surface area (Å²) in [6.45, 7) is 5.22. The van der Waals surface area contributed by atoms with Crippen LogP contribution >= 0.6 is 0 Å². The molecule has 35 heavy (non-hydrogen) atoms. The first-order valence-corrected chi connectivity index (χ1v) is 12.0. The van der Waals surface area contributed by atoms with Crippen LogP contribution in [0.5, 0.6) is 0 Å². The van der Waals surface area contributed by atoms with Crippen molar-refractivity contribution in [2.75, 3.05) is 23.7 Å². The molecule has 1 saturated heterocycles. The van der Waals surface area contributed by atoms with Gasteiger partial charge in [-0.15, -0.1) is 0 Å². The van der Waals surface area contributed by atoms with Crippen molar-refractivity contribution in [3.63, 3.8) is 0 Å². The Kier molecular flexibility index (Phi) is 6.55. The summed E-state index contributed by atoms with van der Waals surface area (Å²) < 4.78 is 0. The number of hydrogen-bond acceptors (Lipinski definition) is 4. The highest BCUT2D eigenvalue weighted by atomic mass is 16.2. The van der Waals surface area contributed by atoms with Crippen molar-refractivity contribution in [2.24, 2.45) is 0 Å². The van der Waals surface area contributed by atoms with Gasteiger partial charge in [-0.1, -0.05) is 24.3 Å². The van der Waals surface area contributed by atoms with E-state index in [1.165, 1.54) is 18.4 Å². The molecule has 0 saturated carbocycles. The predicted molar refractivity (Wildman–Crippen MR) is 140 cm³/mol. The maximum absolute atomic E-state index is 12.9. The van der Waals surface area contributed by atoms with Gasteiger partial charge in [0.05, 0.1) is 5.52 Å². The molecule has 176 valence electrons. The maximum atomic E-state index is 12.9. The molecule has 3 aromatic carbocycles. The molecule has 1 aliphatic rings. The summed E-state index contributed by atoms with van der Waals surface area (Å²) in [4.78, 5) is 32.4. The molecule has 2 heterocycles. The Labute approximate surface area is 205 Å². The molecule has 1 aliphatic heterocycles. The van der Waals surface area contributed by atoms with Gasteiger partial charge in [0.15, 0.2) is 0 Å². The van der Waals surface area contributed by atoms with E-state index < -0.39 is 0 Å². The molecule has 6 heteroatoms. The summed E-state index contributed by atoms with van der Waals surface area (Å²) in [6.07, 6.45) is 4.49. The second kappa shape index (κ2) is 10.1. The van der Waals surface area contributed by atoms with Crippen molar-refractivity contribution in [2.45, 2.75) is 26.3 Å². The highest BCUT2D eigenvalue weighted by molar-refractivity contribution is 6.07. The third-order valence-corrected chi connectivity index (χ3v) is 6.46. The van der Waals surface area contributed by atoms with Crippen LogP contribution in [0, 0.1) is 6.92 Å². The van der Waals surface area contributed by atoms with Crippen LogP contribution in [0.2, 0.25) is 0 Å². The Morgan fingerprint density at radius 1 is 0.857 bits per heavy atom. The molecule has 0 atom stereocenters. The first-order valence-electron chi connectivity index (χ1n) is 12.0. The summed E-state index contributed by atoms with van der Waals surface area (Å²) in [7, 11) is 0. The number of aryl methyl sites for hydroxylation is 1. The highest BCUT2D eigenvalue weighted by Crippen LogP contribution is 2.26. The lowest BCUT2D eigenvalue weighted by Gasteiger charge is -2.15. The van der Waals surface area contributed by atoms with E-state index >= 15 is 0 Å². The van der Waals surface area contributed by atoms with Gasteiger partial charge >= 0.3 is 0 Å². The number of amides is 2. The molecule has 0 spiro atoms. The fourth-order valence-electron chi connectivity index (χ4n) is 4.51. The summed E-state index contributed by atoms with van der Waals surface area (Å²) >= 11 is 0. The standard InChI is InChI=1S/C29H28N4O2/c1-20-26(14-11-24-17-21(18-30-27(20)24)19-33-15-5-6-16-33)32-29(35)23-9-12-25(13-10-23)31-28(34)22-7-3-2-4-8-22/h2-4,7-14,17-18H,5-6,15-16,19H2,1H3,(H,31,34)(H,32,35). The average molecular weight is 465 g/mol. The minimum absolute atomic E-state index is 0.189. The normalized spacial score (nSPS) is 13.6. The minimum Gasteiger partial charge on any atom is -0.322 e. The van der Waals surface area contributed by atoms with E-state index in [4.69, 9.17) is 4.98 Å². The minimum atomic E-state index is -0.209. The van der Waals surface area contributed by atoms with Crippen LogP contribution in [-0.4, -0.2) is 34.8 Å². The van der Waals surface area contributed by atoms with Gasteiger partial charge < -0.3 is 10.6 Å². The number of benzene rings is 3. The quantitative estimate of drug-likeness (QED) is 0.387. The molecule has 0 radical (unpaired) electrons. The summed E-state index contributed by atoms with van der Waals surface area (Å²) in [6, 6.07) is 22.0. The lowest BCUT2D eigenvalue weighted by Crippen LogP contribution is -2.18. The highest BCUT2D eigenvalue weighted by Gasteiger charge is 2.14. The Hall–Kier alpha value is -4.03. The number of carbonyl (C=O) groups is 2. The Balaban J connectivity index is 1.26.